The molecule has 0 spiro atoms. The van der Waals surface area contributed by atoms with Gasteiger partial charge >= 0.3 is 0 Å². The SMILES string of the molecule is CC1CC(N2CCCC2)CC1C. The lowest BCUT2D eigenvalue weighted by molar-refractivity contribution is 0.240. The average Bonchev–Trinajstić information content (AvgIpc) is 2.61. The fourth-order valence-corrected chi connectivity index (χ4v) is 2.82. The number of hydrogen-bond donors (Lipinski definition) is 0. The second kappa shape index (κ2) is 3.37. The van der Waals surface area contributed by atoms with E-state index in [1.54, 1.807) is 0 Å². The first-order valence-corrected chi connectivity index (χ1v) is 5.51. The third kappa shape index (κ3) is 1.52. The fraction of sp³-hybridized carbons (Fsp3) is 1.00. The van der Waals surface area contributed by atoms with Crippen LogP contribution in [0.25, 0.3) is 0 Å². The maximum atomic E-state index is 2.72. The molecule has 1 saturated carbocycles. The Morgan fingerprint density at radius 3 is 1.92 bits per heavy atom. The van der Waals surface area contributed by atoms with Crippen molar-refractivity contribution in [2.45, 2.75) is 45.6 Å². The van der Waals surface area contributed by atoms with Gasteiger partial charge in [-0.1, -0.05) is 13.8 Å². The lowest BCUT2D eigenvalue weighted by Crippen LogP contribution is -2.30. The van der Waals surface area contributed by atoms with Crippen LogP contribution in [0.4, 0.5) is 0 Å². The Balaban J connectivity index is 1.89. The van der Waals surface area contributed by atoms with Crippen molar-refractivity contribution >= 4 is 0 Å². The quantitative estimate of drug-likeness (QED) is 0.580. The van der Waals surface area contributed by atoms with E-state index in [4.69, 9.17) is 0 Å². The lowest BCUT2D eigenvalue weighted by Gasteiger charge is -2.22. The van der Waals surface area contributed by atoms with Crippen molar-refractivity contribution in [3.63, 3.8) is 0 Å². The lowest BCUT2D eigenvalue weighted by atomic mass is 10.0. The molecule has 0 amide bonds. The molecule has 2 fully saturated rings. The molecule has 0 N–H and O–H groups in total. The molecular weight excluding hydrogens is 146 g/mol. The molecule has 0 aromatic carbocycles. The van der Waals surface area contributed by atoms with Gasteiger partial charge in [-0.05, 0) is 50.6 Å². The van der Waals surface area contributed by atoms with Gasteiger partial charge in [0, 0.05) is 6.04 Å². The molecule has 70 valence electrons. The third-order valence-corrected chi connectivity index (χ3v) is 3.92. The van der Waals surface area contributed by atoms with Crippen molar-refractivity contribution in [2.24, 2.45) is 11.8 Å². The van der Waals surface area contributed by atoms with E-state index in [-0.39, 0.29) is 0 Å². The van der Waals surface area contributed by atoms with Crippen molar-refractivity contribution < 1.29 is 0 Å². The van der Waals surface area contributed by atoms with Crippen molar-refractivity contribution in [3.05, 3.63) is 0 Å². The predicted molar refractivity (Wildman–Crippen MR) is 52.2 cm³/mol. The van der Waals surface area contributed by atoms with Gasteiger partial charge in [-0.3, -0.25) is 0 Å². The van der Waals surface area contributed by atoms with Gasteiger partial charge in [-0.25, -0.2) is 0 Å². The molecule has 1 aliphatic heterocycles. The minimum absolute atomic E-state index is 0.942. The van der Waals surface area contributed by atoms with E-state index >= 15 is 0 Å². The van der Waals surface area contributed by atoms with Crippen LogP contribution < -0.4 is 0 Å². The van der Waals surface area contributed by atoms with Crippen LogP contribution in [0, 0.1) is 11.8 Å². The summed E-state index contributed by atoms with van der Waals surface area (Å²) in [4.78, 5) is 2.72. The van der Waals surface area contributed by atoms with Crippen molar-refractivity contribution in [1.29, 1.82) is 0 Å². The zero-order valence-electron chi connectivity index (χ0n) is 8.42. The Morgan fingerprint density at radius 1 is 0.917 bits per heavy atom. The molecule has 2 rings (SSSR count). The summed E-state index contributed by atoms with van der Waals surface area (Å²) in [5, 5.41) is 0. The van der Waals surface area contributed by atoms with E-state index in [0.29, 0.717) is 0 Å². The first kappa shape index (κ1) is 8.55. The van der Waals surface area contributed by atoms with Crippen molar-refractivity contribution in [2.75, 3.05) is 13.1 Å². The van der Waals surface area contributed by atoms with Crippen LogP contribution in [-0.2, 0) is 0 Å². The average molecular weight is 167 g/mol. The van der Waals surface area contributed by atoms with Gasteiger partial charge in [0.25, 0.3) is 0 Å². The molecular formula is C11H21N. The Morgan fingerprint density at radius 2 is 1.42 bits per heavy atom. The van der Waals surface area contributed by atoms with E-state index in [0.717, 1.165) is 17.9 Å². The minimum Gasteiger partial charge on any atom is -0.300 e. The summed E-state index contributed by atoms with van der Waals surface area (Å²) in [5.74, 6) is 1.94. The Bertz CT molecular complexity index is 139. The molecule has 1 aliphatic carbocycles. The monoisotopic (exact) mass is 167 g/mol. The zero-order valence-corrected chi connectivity index (χ0v) is 8.42. The van der Waals surface area contributed by atoms with Gasteiger partial charge in [0.05, 0.1) is 0 Å². The van der Waals surface area contributed by atoms with E-state index in [1.807, 2.05) is 0 Å². The van der Waals surface area contributed by atoms with Gasteiger partial charge in [-0.2, -0.15) is 0 Å². The molecule has 0 radical (unpaired) electrons. The molecule has 1 nitrogen and oxygen atoms in total. The van der Waals surface area contributed by atoms with Crippen molar-refractivity contribution in [3.8, 4) is 0 Å². The fourth-order valence-electron chi connectivity index (χ4n) is 2.82. The van der Waals surface area contributed by atoms with E-state index in [1.165, 1.54) is 38.8 Å². The molecule has 2 unspecified atom stereocenters. The number of rotatable bonds is 1. The summed E-state index contributed by atoms with van der Waals surface area (Å²) in [6, 6.07) is 0.942. The molecule has 2 atom stereocenters. The molecule has 1 heteroatoms. The van der Waals surface area contributed by atoms with Crippen LogP contribution in [-0.4, -0.2) is 24.0 Å². The van der Waals surface area contributed by atoms with Gasteiger partial charge in [-0.15, -0.1) is 0 Å². The molecule has 1 saturated heterocycles. The minimum atomic E-state index is 0.942. The second-order valence-electron chi connectivity index (χ2n) is 4.82. The second-order valence-corrected chi connectivity index (χ2v) is 4.82. The van der Waals surface area contributed by atoms with Gasteiger partial charge in [0.2, 0.25) is 0 Å². The van der Waals surface area contributed by atoms with Gasteiger partial charge < -0.3 is 4.90 Å². The van der Waals surface area contributed by atoms with Crippen LogP contribution in [0.1, 0.15) is 39.5 Å². The van der Waals surface area contributed by atoms with E-state index < -0.39 is 0 Å². The van der Waals surface area contributed by atoms with E-state index in [2.05, 4.69) is 18.7 Å². The topological polar surface area (TPSA) is 3.24 Å². The van der Waals surface area contributed by atoms with Crippen molar-refractivity contribution in [1.82, 2.24) is 4.90 Å². The van der Waals surface area contributed by atoms with Gasteiger partial charge in [0.15, 0.2) is 0 Å². The Labute approximate surface area is 76.1 Å². The number of likely N-dealkylation sites (tertiary alicyclic amines) is 1. The predicted octanol–water partition coefficient (Wildman–Crippen LogP) is 2.52. The summed E-state index contributed by atoms with van der Waals surface area (Å²) in [6.45, 7) is 7.59. The molecule has 0 aromatic rings. The van der Waals surface area contributed by atoms with Gasteiger partial charge in [0.1, 0.15) is 0 Å². The smallest absolute Gasteiger partial charge is 0.0100 e. The highest BCUT2D eigenvalue weighted by atomic mass is 15.2. The molecule has 0 aromatic heterocycles. The maximum absolute atomic E-state index is 2.72. The van der Waals surface area contributed by atoms with Crippen LogP contribution in [0.2, 0.25) is 0 Å². The highest BCUT2D eigenvalue weighted by molar-refractivity contribution is 4.86. The summed E-state index contributed by atoms with van der Waals surface area (Å²) in [5.41, 5.74) is 0. The molecule has 2 aliphatic rings. The largest absolute Gasteiger partial charge is 0.300 e. The van der Waals surface area contributed by atoms with Crippen LogP contribution in [0.3, 0.4) is 0 Å². The highest BCUT2D eigenvalue weighted by Gasteiger charge is 2.32. The summed E-state index contributed by atoms with van der Waals surface area (Å²) >= 11 is 0. The highest BCUT2D eigenvalue weighted by Crippen LogP contribution is 2.35. The number of hydrogen-bond acceptors (Lipinski definition) is 1. The summed E-state index contributed by atoms with van der Waals surface area (Å²) in [6.07, 6.45) is 5.81. The first-order chi connectivity index (χ1) is 5.77. The normalized spacial score (nSPS) is 44.0. The van der Waals surface area contributed by atoms with E-state index in [9.17, 15) is 0 Å². The molecule has 0 bridgehead atoms. The number of nitrogens with zero attached hydrogens (tertiary/aromatic N) is 1. The zero-order chi connectivity index (χ0) is 8.55. The van der Waals surface area contributed by atoms with Crippen LogP contribution in [0.15, 0.2) is 0 Å². The summed E-state index contributed by atoms with van der Waals surface area (Å²) in [7, 11) is 0. The molecule has 1 heterocycles. The van der Waals surface area contributed by atoms with Crippen LogP contribution in [0.5, 0.6) is 0 Å². The maximum Gasteiger partial charge on any atom is 0.0100 e. The third-order valence-electron chi connectivity index (χ3n) is 3.92. The Hall–Kier alpha value is -0.0400. The summed E-state index contributed by atoms with van der Waals surface area (Å²) < 4.78 is 0. The first-order valence-electron chi connectivity index (χ1n) is 5.51. The Kier molecular flexibility index (Phi) is 2.40. The standard InChI is InChI=1S/C11H21N/c1-9-7-11(8-10(9)2)12-5-3-4-6-12/h9-11H,3-8H2,1-2H3. The molecule has 12 heavy (non-hydrogen) atoms. The van der Waals surface area contributed by atoms with Crippen LogP contribution >= 0.6 is 0 Å².